The second-order valence-corrected chi connectivity index (χ2v) is 2.99. The van der Waals surface area contributed by atoms with Gasteiger partial charge in [0.1, 0.15) is 11.5 Å². The normalized spacial score (nSPS) is 13.2. The molecule has 0 fully saturated rings. The zero-order valence-electron chi connectivity index (χ0n) is 7.42. The van der Waals surface area contributed by atoms with E-state index >= 15 is 0 Å². The van der Waals surface area contributed by atoms with Crippen LogP contribution in [0, 0.1) is 6.92 Å². The molecule has 68 valence electrons. The summed E-state index contributed by atoms with van der Waals surface area (Å²) in [5, 5.41) is 0. The molecule has 3 nitrogen and oxygen atoms in total. The molecule has 0 aromatic carbocycles. The lowest BCUT2D eigenvalue weighted by Gasteiger charge is -2.06. The molecule has 0 aliphatic carbocycles. The van der Waals surface area contributed by atoms with Gasteiger partial charge in [-0.2, -0.15) is 0 Å². The van der Waals surface area contributed by atoms with Gasteiger partial charge in [-0.25, -0.2) is 0 Å². The first-order chi connectivity index (χ1) is 5.74. The Morgan fingerprint density at radius 2 is 2.25 bits per heavy atom. The van der Waals surface area contributed by atoms with E-state index in [1.807, 2.05) is 19.1 Å². The Hall–Kier alpha value is -0.800. The predicted octanol–water partition coefficient (Wildman–Crippen LogP) is 1.33. The highest BCUT2D eigenvalue weighted by molar-refractivity contribution is 5.08. The van der Waals surface area contributed by atoms with Crippen LogP contribution in [-0.4, -0.2) is 6.54 Å². The molecule has 1 heterocycles. The van der Waals surface area contributed by atoms with Crippen molar-refractivity contribution in [1.82, 2.24) is 0 Å². The van der Waals surface area contributed by atoms with Crippen LogP contribution in [0.4, 0.5) is 0 Å². The van der Waals surface area contributed by atoms with Gasteiger partial charge < -0.3 is 15.9 Å². The lowest BCUT2D eigenvalue weighted by atomic mass is 10.1. The van der Waals surface area contributed by atoms with Gasteiger partial charge in [-0.3, -0.25) is 0 Å². The molecular weight excluding hydrogens is 152 g/mol. The highest BCUT2D eigenvalue weighted by atomic mass is 16.3. The molecule has 1 aromatic heterocycles. The van der Waals surface area contributed by atoms with Gasteiger partial charge in [-0.05, 0) is 38.4 Å². The molecule has 0 amide bonds. The molecule has 0 aliphatic rings. The van der Waals surface area contributed by atoms with Crippen LogP contribution >= 0.6 is 0 Å². The van der Waals surface area contributed by atoms with Crippen molar-refractivity contribution in [2.45, 2.75) is 25.8 Å². The zero-order valence-corrected chi connectivity index (χ0v) is 7.42. The summed E-state index contributed by atoms with van der Waals surface area (Å²) in [6, 6.07) is 3.86. The van der Waals surface area contributed by atoms with E-state index in [-0.39, 0.29) is 6.04 Å². The van der Waals surface area contributed by atoms with Crippen molar-refractivity contribution in [3.8, 4) is 0 Å². The average molecular weight is 168 g/mol. The maximum Gasteiger partial charge on any atom is 0.120 e. The summed E-state index contributed by atoms with van der Waals surface area (Å²) in [6.07, 6.45) is 1.84. The SMILES string of the molecule is Cc1ccc([C@@H](N)CCCN)o1. The van der Waals surface area contributed by atoms with E-state index < -0.39 is 0 Å². The highest BCUT2D eigenvalue weighted by Gasteiger charge is 2.08. The van der Waals surface area contributed by atoms with Gasteiger partial charge >= 0.3 is 0 Å². The molecule has 0 bridgehead atoms. The van der Waals surface area contributed by atoms with E-state index in [2.05, 4.69) is 0 Å². The molecule has 0 unspecified atom stereocenters. The monoisotopic (exact) mass is 168 g/mol. The fraction of sp³-hybridized carbons (Fsp3) is 0.556. The van der Waals surface area contributed by atoms with Crippen LogP contribution in [0.5, 0.6) is 0 Å². The topological polar surface area (TPSA) is 65.2 Å². The second-order valence-electron chi connectivity index (χ2n) is 2.99. The molecule has 0 aliphatic heterocycles. The molecule has 12 heavy (non-hydrogen) atoms. The summed E-state index contributed by atoms with van der Waals surface area (Å²) in [5.74, 6) is 1.77. The maximum atomic E-state index is 5.85. The van der Waals surface area contributed by atoms with Crippen molar-refractivity contribution in [1.29, 1.82) is 0 Å². The van der Waals surface area contributed by atoms with Gasteiger partial charge in [-0.1, -0.05) is 0 Å². The summed E-state index contributed by atoms with van der Waals surface area (Å²) in [6.45, 7) is 2.60. The molecular formula is C9H16N2O. The second kappa shape index (κ2) is 4.28. The fourth-order valence-electron chi connectivity index (χ4n) is 1.13. The summed E-state index contributed by atoms with van der Waals surface area (Å²) >= 11 is 0. The molecule has 1 aromatic rings. The fourth-order valence-corrected chi connectivity index (χ4v) is 1.13. The van der Waals surface area contributed by atoms with E-state index in [1.165, 1.54) is 0 Å². The predicted molar refractivity (Wildman–Crippen MR) is 48.7 cm³/mol. The van der Waals surface area contributed by atoms with Gasteiger partial charge in [0.25, 0.3) is 0 Å². The third-order valence-corrected chi connectivity index (χ3v) is 1.85. The van der Waals surface area contributed by atoms with Crippen molar-refractivity contribution in [3.63, 3.8) is 0 Å². The van der Waals surface area contributed by atoms with E-state index in [0.717, 1.165) is 24.4 Å². The quantitative estimate of drug-likeness (QED) is 0.712. The minimum absolute atomic E-state index is 0.00208. The Morgan fingerprint density at radius 3 is 2.75 bits per heavy atom. The summed E-state index contributed by atoms with van der Waals surface area (Å²) < 4.78 is 5.38. The van der Waals surface area contributed by atoms with Gasteiger partial charge in [-0.15, -0.1) is 0 Å². The summed E-state index contributed by atoms with van der Waals surface area (Å²) in [7, 11) is 0. The van der Waals surface area contributed by atoms with Gasteiger partial charge in [0.15, 0.2) is 0 Å². The number of aryl methyl sites for hydroxylation is 1. The molecule has 0 saturated carbocycles. The van der Waals surface area contributed by atoms with Crippen molar-refractivity contribution < 1.29 is 4.42 Å². The molecule has 4 N–H and O–H groups in total. The van der Waals surface area contributed by atoms with E-state index in [4.69, 9.17) is 15.9 Å². The van der Waals surface area contributed by atoms with Gasteiger partial charge in [0.2, 0.25) is 0 Å². The van der Waals surface area contributed by atoms with Crippen LogP contribution in [0.25, 0.3) is 0 Å². The molecule has 0 spiro atoms. The van der Waals surface area contributed by atoms with Crippen molar-refractivity contribution in [2.75, 3.05) is 6.54 Å². The Balaban J connectivity index is 2.47. The molecule has 1 rings (SSSR count). The van der Waals surface area contributed by atoms with Crippen molar-refractivity contribution >= 4 is 0 Å². The summed E-state index contributed by atoms with van der Waals surface area (Å²) in [4.78, 5) is 0. The van der Waals surface area contributed by atoms with Crippen molar-refractivity contribution in [2.24, 2.45) is 11.5 Å². The van der Waals surface area contributed by atoms with E-state index in [1.54, 1.807) is 0 Å². The Morgan fingerprint density at radius 1 is 1.50 bits per heavy atom. The van der Waals surface area contributed by atoms with Gasteiger partial charge in [0.05, 0.1) is 6.04 Å². The maximum absolute atomic E-state index is 5.85. The minimum atomic E-state index is 0.00208. The number of hydrogen-bond donors (Lipinski definition) is 2. The first-order valence-corrected chi connectivity index (χ1v) is 4.26. The molecule has 1 atom stereocenters. The van der Waals surface area contributed by atoms with Crippen LogP contribution < -0.4 is 11.5 Å². The largest absolute Gasteiger partial charge is 0.465 e. The number of rotatable bonds is 4. The standard InChI is InChI=1S/C9H16N2O/c1-7-4-5-9(12-7)8(11)3-2-6-10/h4-5,8H,2-3,6,10-11H2,1H3/t8-/m0/s1. The molecule has 3 heteroatoms. The first kappa shape index (κ1) is 9.29. The van der Waals surface area contributed by atoms with Crippen LogP contribution in [0.15, 0.2) is 16.5 Å². The minimum Gasteiger partial charge on any atom is -0.465 e. The van der Waals surface area contributed by atoms with Gasteiger partial charge in [0, 0.05) is 0 Å². The van der Waals surface area contributed by atoms with Crippen LogP contribution in [-0.2, 0) is 0 Å². The van der Waals surface area contributed by atoms with Crippen LogP contribution in [0.2, 0.25) is 0 Å². The highest BCUT2D eigenvalue weighted by Crippen LogP contribution is 2.17. The van der Waals surface area contributed by atoms with Crippen LogP contribution in [0.3, 0.4) is 0 Å². The average Bonchev–Trinajstić information content (AvgIpc) is 2.47. The van der Waals surface area contributed by atoms with Crippen molar-refractivity contribution in [3.05, 3.63) is 23.7 Å². The molecule has 0 radical (unpaired) electrons. The molecule has 0 saturated heterocycles. The van der Waals surface area contributed by atoms with E-state index in [9.17, 15) is 0 Å². The zero-order chi connectivity index (χ0) is 8.97. The third-order valence-electron chi connectivity index (χ3n) is 1.85. The Kier molecular flexibility index (Phi) is 3.31. The Bertz CT molecular complexity index is 232. The smallest absolute Gasteiger partial charge is 0.120 e. The number of nitrogens with two attached hydrogens (primary N) is 2. The summed E-state index contributed by atoms with van der Waals surface area (Å²) in [5.41, 5.74) is 11.2. The lowest BCUT2D eigenvalue weighted by molar-refractivity contribution is 0.430. The number of furan rings is 1. The number of hydrogen-bond acceptors (Lipinski definition) is 3. The lowest BCUT2D eigenvalue weighted by Crippen LogP contribution is -2.11. The van der Waals surface area contributed by atoms with Crippen LogP contribution in [0.1, 0.15) is 30.4 Å². The van der Waals surface area contributed by atoms with E-state index in [0.29, 0.717) is 6.54 Å². The third kappa shape index (κ3) is 2.36. The first-order valence-electron chi connectivity index (χ1n) is 4.26. The Labute approximate surface area is 72.7 Å².